The molecule has 0 heterocycles. The van der Waals surface area contributed by atoms with E-state index in [4.69, 9.17) is 10.2 Å². The minimum atomic E-state index is -0.281. The highest BCUT2D eigenvalue weighted by molar-refractivity contribution is 14.1. The number of aliphatic hydroxyl groups is 2. The average molecular weight is 252 g/mol. The number of hydrogen-bond acceptors (Lipinski definition) is 2. The molecular weight excluding hydrogens is 243 g/mol. The van der Waals surface area contributed by atoms with Crippen LogP contribution in [0, 0.1) is 0 Å². The zero-order chi connectivity index (χ0) is 7.61. The summed E-state index contributed by atoms with van der Waals surface area (Å²) in [6.45, 7) is 0.0714. The summed E-state index contributed by atoms with van der Waals surface area (Å²) in [6, 6.07) is 0. The number of alkyl halides is 1. The summed E-state index contributed by atoms with van der Waals surface area (Å²) in [5, 5.41) is 17.9. The van der Waals surface area contributed by atoms with Crippen LogP contribution in [0.2, 0.25) is 0 Å². The third-order valence-electron chi connectivity index (χ3n) is 1.42. The van der Waals surface area contributed by atoms with Gasteiger partial charge in [0.2, 0.25) is 0 Å². The van der Waals surface area contributed by atoms with Crippen LogP contribution in [0.5, 0.6) is 0 Å². The molecule has 0 aromatic carbocycles. The molecule has 0 amide bonds. The van der Waals surface area contributed by atoms with Gasteiger partial charge in [0.15, 0.2) is 0 Å². The Labute approximate surface area is 73.4 Å². The molecule has 3 heteroatoms. The first-order chi connectivity index (χ1) is 4.66. The predicted molar refractivity (Wildman–Crippen MR) is 48.3 cm³/mol. The van der Waals surface area contributed by atoms with Crippen molar-refractivity contribution in [3.05, 3.63) is 24.0 Å². The van der Waals surface area contributed by atoms with Crippen molar-refractivity contribution in [1.29, 1.82) is 0 Å². The molecule has 0 aliphatic heterocycles. The van der Waals surface area contributed by atoms with E-state index in [2.05, 4.69) is 22.6 Å². The Morgan fingerprint density at radius 1 is 1.70 bits per heavy atom. The minimum Gasteiger partial charge on any atom is -0.508 e. The van der Waals surface area contributed by atoms with Gasteiger partial charge in [0.25, 0.3) is 0 Å². The second-order valence-corrected chi connectivity index (χ2v) is 4.52. The van der Waals surface area contributed by atoms with Crippen LogP contribution in [0.15, 0.2) is 24.0 Å². The molecule has 1 atom stereocenters. The van der Waals surface area contributed by atoms with Gasteiger partial charge in [-0.2, -0.15) is 0 Å². The summed E-state index contributed by atoms with van der Waals surface area (Å²) in [7, 11) is 0. The van der Waals surface area contributed by atoms with Gasteiger partial charge in [0.05, 0.1) is 10.0 Å². The summed E-state index contributed by atoms with van der Waals surface area (Å²) in [5.74, 6) is 0.245. The van der Waals surface area contributed by atoms with Crippen LogP contribution in [-0.2, 0) is 0 Å². The van der Waals surface area contributed by atoms with Gasteiger partial charge in [-0.25, -0.2) is 0 Å². The van der Waals surface area contributed by atoms with E-state index in [0.717, 1.165) is 6.42 Å². The van der Waals surface area contributed by atoms with Crippen LogP contribution in [0.1, 0.15) is 6.42 Å². The van der Waals surface area contributed by atoms with E-state index in [1.807, 2.05) is 6.08 Å². The normalized spacial score (nSPS) is 32.0. The minimum absolute atomic E-state index is 0.0714. The molecule has 1 rings (SSSR count). The van der Waals surface area contributed by atoms with Crippen LogP contribution in [0.4, 0.5) is 0 Å². The maximum absolute atomic E-state index is 9.03. The summed E-state index contributed by atoms with van der Waals surface area (Å²) >= 11 is 2.13. The first-order valence-electron chi connectivity index (χ1n) is 3.04. The van der Waals surface area contributed by atoms with E-state index >= 15 is 0 Å². The van der Waals surface area contributed by atoms with Crippen molar-refractivity contribution in [3.8, 4) is 0 Å². The molecule has 1 aliphatic rings. The van der Waals surface area contributed by atoms with E-state index in [9.17, 15) is 0 Å². The highest BCUT2D eigenvalue weighted by Gasteiger charge is 2.23. The van der Waals surface area contributed by atoms with Crippen LogP contribution in [0.3, 0.4) is 0 Å². The van der Waals surface area contributed by atoms with E-state index < -0.39 is 0 Å². The maximum Gasteiger partial charge on any atom is 0.112 e. The Balaban J connectivity index is 2.76. The van der Waals surface area contributed by atoms with Crippen molar-refractivity contribution in [1.82, 2.24) is 0 Å². The van der Waals surface area contributed by atoms with Crippen LogP contribution < -0.4 is 0 Å². The Morgan fingerprint density at radius 3 is 2.80 bits per heavy atom. The summed E-state index contributed by atoms with van der Waals surface area (Å²) < 4.78 is -0.281. The molecule has 1 aliphatic carbocycles. The molecule has 2 nitrogen and oxygen atoms in total. The Bertz CT molecular complexity index is 186. The molecule has 0 fully saturated rings. The Kier molecular flexibility index (Phi) is 2.36. The molecule has 0 radical (unpaired) electrons. The van der Waals surface area contributed by atoms with Gasteiger partial charge in [0, 0.05) is 0 Å². The van der Waals surface area contributed by atoms with Gasteiger partial charge in [-0.3, -0.25) is 0 Å². The predicted octanol–water partition coefficient (Wildman–Crippen LogP) is 1.55. The summed E-state index contributed by atoms with van der Waals surface area (Å²) in [4.78, 5) is 0. The molecular formula is C7H9IO2. The molecule has 2 N–H and O–H groups in total. The lowest BCUT2D eigenvalue weighted by Crippen LogP contribution is -2.23. The Hall–Kier alpha value is -0.0300. The van der Waals surface area contributed by atoms with Crippen molar-refractivity contribution < 1.29 is 10.2 Å². The summed E-state index contributed by atoms with van der Waals surface area (Å²) in [6.07, 6.45) is 5.96. The standard InChI is InChI=1S/C7H9IO2/c8-7(5-9)3-1-2-6(10)4-7/h1-2,4,9-10H,3,5H2. The third-order valence-corrected chi connectivity index (χ3v) is 2.51. The lowest BCUT2D eigenvalue weighted by Gasteiger charge is -2.21. The topological polar surface area (TPSA) is 40.5 Å². The number of hydrogen-bond donors (Lipinski definition) is 2. The number of allylic oxidation sites excluding steroid dienone is 2. The highest BCUT2D eigenvalue weighted by atomic mass is 127. The molecule has 10 heavy (non-hydrogen) atoms. The zero-order valence-electron chi connectivity index (χ0n) is 5.42. The number of rotatable bonds is 1. The van der Waals surface area contributed by atoms with Gasteiger partial charge in [-0.1, -0.05) is 28.7 Å². The second kappa shape index (κ2) is 2.92. The molecule has 56 valence electrons. The highest BCUT2D eigenvalue weighted by Crippen LogP contribution is 2.29. The fraction of sp³-hybridized carbons (Fsp3) is 0.429. The monoisotopic (exact) mass is 252 g/mol. The molecule has 1 unspecified atom stereocenters. The lowest BCUT2D eigenvalue weighted by molar-refractivity contribution is 0.271. The lowest BCUT2D eigenvalue weighted by atomic mass is 10.0. The number of aliphatic hydroxyl groups excluding tert-OH is 2. The molecule has 0 saturated carbocycles. The fourth-order valence-electron chi connectivity index (χ4n) is 0.858. The van der Waals surface area contributed by atoms with Crippen molar-refractivity contribution in [2.24, 2.45) is 0 Å². The quantitative estimate of drug-likeness (QED) is 0.549. The van der Waals surface area contributed by atoms with Gasteiger partial charge in [-0.15, -0.1) is 0 Å². The van der Waals surface area contributed by atoms with Crippen LogP contribution >= 0.6 is 22.6 Å². The maximum atomic E-state index is 9.03. The van der Waals surface area contributed by atoms with Gasteiger partial charge in [0.1, 0.15) is 5.76 Å². The smallest absolute Gasteiger partial charge is 0.112 e. The van der Waals surface area contributed by atoms with Crippen molar-refractivity contribution >= 4 is 22.6 Å². The van der Waals surface area contributed by atoms with Crippen molar-refractivity contribution in [2.75, 3.05) is 6.61 Å². The van der Waals surface area contributed by atoms with Gasteiger partial charge >= 0.3 is 0 Å². The first kappa shape index (κ1) is 8.07. The molecule has 0 aromatic heterocycles. The first-order valence-corrected chi connectivity index (χ1v) is 4.12. The van der Waals surface area contributed by atoms with E-state index in [0.29, 0.717) is 0 Å². The largest absolute Gasteiger partial charge is 0.508 e. The van der Waals surface area contributed by atoms with Crippen LogP contribution in [0.25, 0.3) is 0 Å². The second-order valence-electron chi connectivity index (χ2n) is 2.37. The van der Waals surface area contributed by atoms with E-state index in [1.54, 1.807) is 12.2 Å². The molecule has 0 bridgehead atoms. The number of halogens is 1. The van der Waals surface area contributed by atoms with E-state index in [-0.39, 0.29) is 15.8 Å². The average Bonchev–Trinajstić information content (AvgIpc) is 1.88. The SMILES string of the molecule is OCC1(I)C=C(O)C=CC1. The third kappa shape index (κ3) is 1.73. The molecule has 0 aromatic rings. The van der Waals surface area contributed by atoms with Crippen molar-refractivity contribution in [2.45, 2.75) is 9.84 Å². The summed E-state index contributed by atoms with van der Waals surface area (Å²) in [5.41, 5.74) is 0. The molecule has 0 saturated heterocycles. The molecule has 0 spiro atoms. The van der Waals surface area contributed by atoms with E-state index in [1.165, 1.54) is 0 Å². The van der Waals surface area contributed by atoms with Gasteiger partial charge < -0.3 is 10.2 Å². The van der Waals surface area contributed by atoms with Gasteiger partial charge in [-0.05, 0) is 18.6 Å². The van der Waals surface area contributed by atoms with Crippen molar-refractivity contribution in [3.63, 3.8) is 0 Å². The van der Waals surface area contributed by atoms with Crippen LogP contribution in [-0.4, -0.2) is 20.2 Å². The fourth-order valence-corrected chi connectivity index (χ4v) is 1.43. The zero-order valence-corrected chi connectivity index (χ0v) is 7.58. The Morgan fingerprint density at radius 2 is 2.40 bits per heavy atom.